The number of rotatable bonds is 12. The van der Waals surface area contributed by atoms with E-state index in [1.807, 2.05) is 0 Å². The summed E-state index contributed by atoms with van der Waals surface area (Å²) in [6, 6.07) is 6.58. The van der Waals surface area contributed by atoms with Gasteiger partial charge in [-0.15, -0.1) is 0 Å². The van der Waals surface area contributed by atoms with Gasteiger partial charge in [0.1, 0.15) is 0 Å². The number of nitrogens with zero attached hydrogens (tertiary/aromatic N) is 1. The maximum absolute atomic E-state index is 12.2. The highest BCUT2D eigenvalue weighted by atomic mass is 16.6. The van der Waals surface area contributed by atoms with E-state index in [1.165, 1.54) is 57.1 Å². The molecule has 0 aliphatic heterocycles. The number of non-ortho nitro benzene ring substituents is 1. The quantitative estimate of drug-likeness (QED) is 0.330. The van der Waals surface area contributed by atoms with Crippen LogP contribution in [0.3, 0.4) is 0 Å². The van der Waals surface area contributed by atoms with Crippen LogP contribution in [0.4, 0.5) is 5.69 Å². The lowest BCUT2D eigenvalue weighted by Gasteiger charge is -2.05. The standard InChI is InChI=1S/C20H30N2O3/c1-2-3-4-5-6-7-8-9-14-21-20(23)19-15-18(19)16-10-12-17(13-11-16)22(24)25/h10-13,18-19H,2-9,14-15H2,1H3,(H,21,23)/t18-,19+/m0/s1. The number of hydrogen-bond acceptors (Lipinski definition) is 3. The predicted octanol–water partition coefficient (Wildman–Crippen LogP) is 4.96. The fourth-order valence-corrected chi connectivity index (χ4v) is 3.30. The number of nitro benzene ring substituents is 1. The summed E-state index contributed by atoms with van der Waals surface area (Å²) < 4.78 is 0. The van der Waals surface area contributed by atoms with E-state index in [2.05, 4.69) is 12.2 Å². The Morgan fingerprint density at radius 3 is 2.28 bits per heavy atom. The van der Waals surface area contributed by atoms with Gasteiger partial charge in [-0.25, -0.2) is 0 Å². The van der Waals surface area contributed by atoms with Gasteiger partial charge in [-0.2, -0.15) is 0 Å². The first-order chi connectivity index (χ1) is 12.1. The second-order valence-corrected chi connectivity index (χ2v) is 7.06. The van der Waals surface area contributed by atoms with Gasteiger partial charge in [0.25, 0.3) is 5.69 Å². The molecule has 1 amide bonds. The number of benzene rings is 1. The van der Waals surface area contributed by atoms with Crippen molar-refractivity contribution in [2.24, 2.45) is 5.92 Å². The Balaban J connectivity index is 1.56. The fourth-order valence-electron chi connectivity index (χ4n) is 3.30. The minimum Gasteiger partial charge on any atom is -0.356 e. The van der Waals surface area contributed by atoms with Gasteiger partial charge in [-0.1, -0.05) is 64.0 Å². The first-order valence-corrected chi connectivity index (χ1v) is 9.65. The number of carbonyl (C=O) groups is 1. The van der Waals surface area contributed by atoms with Crippen molar-refractivity contribution >= 4 is 11.6 Å². The van der Waals surface area contributed by atoms with E-state index in [4.69, 9.17) is 0 Å². The monoisotopic (exact) mass is 346 g/mol. The van der Waals surface area contributed by atoms with Crippen LogP contribution >= 0.6 is 0 Å². The third-order valence-electron chi connectivity index (χ3n) is 4.99. The summed E-state index contributed by atoms with van der Waals surface area (Å²) in [5.74, 6) is 0.390. The van der Waals surface area contributed by atoms with Crippen LogP contribution in [0.2, 0.25) is 0 Å². The first kappa shape index (κ1) is 19.4. The second-order valence-electron chi connectivity index (χ2n) is 7.06. The van der Waals surface area contributed by atoms with Gasteiger partial charge < -0.3 is 5.32 Å². The molecular formula is C20H30N2O3. The smallest absolute Gasteiger partial charge is 0.269 e. The molecule has 5 heteroatoms. The van der Waals surface area contributed by atoms with Gasteiger partial charge in [0.2, 0.25) is 5.91 Å². The van der Waals surface area contributed by atoms with E-state index >= 15 is 0 Å². The predicted molar refractivity (Wildman–Crippen MR) is 99.6 cm³/mol. The van der Waals surface area contributed by atoms with Crippen LogP contribution in [0.15, 0.2) is 24.3 Å². The van der Waals surface area contributed by atoms with Gasteiger partial charge in [0, 0.05) is 24.6 Å². The van der Waals surface area contributed by atoms with E-state index in [0.717, 1.165) is 24.9 Å². The molecule has 1 aromatic carbocycles. The van der Waals surface area contributed by atoms with Crippen molar-refractivity contribution in [1.29, 1.82) is 0 Å². The molecule has 5 nitrogen and oxygen atoms in total. The Kier molecular flexibility index (Phi) is 7.89. The molecule has 138 valence electrons. The van der Waals surface area contributed by atoms with Crippen LogP contribution in [0.5, 0.6) is 0 Å². The maximum Gasteiger partial charge on any atom is 0.269 e. The molecule has 1 aliphatic carbocycles. The summed E-state index contributed by atoms with van der Waals surface area (Å²) in [6.45, 7) is 2.99. The fraction of sp³-hybridized carbons (Fsp3) is 0.650. The summed E-state index contributed by atoms with van der Waals surface area (Å²) in [7, 11) is 0. The summed E-state index contributed by atoms with van der Waals surface area (Å²) >= 11 is 0. The molecule has 0 aromatic heterocycles. The van der Waals surface area contributed by atoms with Crippen LogP contribution < -0.4 is 5.32 Å². The SMILES string of the molecule is CCCCCCCCCCNC(=O)[C@@H]1C[C@H]1c1ccc([N+](=O)[O-])cc1. The molecule has 0 heterocycles. The van der Waals surface area contributed by atoms with Crippen molar-refractivity contribution in [3.05, 3.63) is 39.9 Å². The topological polar surface area (TPSA) is 72.2 Å². The average molecular weight is 346 g/mol. The molecule has 1 saturated carbocycles. The Labute approximate surface area is 150 Å². The van der Waals surface area contributed by atoms with E-state index in [-0.39, 0.29) is 23.4 Å². The molecule has 0 saturated heterocycles. The molecule has 0 bridgehead atoms. The van der Waals surface area contributed by atoms with E-state index < -0.39 is 4.92 Å². The molecule has 1 aromatic rings. The molecular weight excluding hydrogens is 316 g/mol. The van der Waals surface area contributed by atoms with Gasteiger partial charge in [-0.05, 0) is 24.3 Å². The second kappa shape index (κ2) is 10.2. The molecule has 1 fully saturated rings. The number of nitro groups is 1. The molecule has 1 N–H and O–H groups in total. The minimum absolute atomic E-state index is 0.0375. The highest BCUT2D eigenvalue weighted by molar-refractivity contribution is 5.82. The summed E-state index contributed by atoms with van der Waals surface area (Å²) in [5, 5.41) is 13.7. The third-order valence-corrected chi connectivity index (χ3v) is 4.99. The highest BCUT2D eigenvalue weighted by Gasteiger charge is 2.43. The zero-order chi connectivity index (χ0) is 18.1. The van der Waals surface area contributed by atoms with Crippen molar-refractivity contribution in [3.63, 3.8) is 0 Å². The van der Waals surface area contributed by atoms with Gasteiger partial charge >= 0.3 is 0 Å². The van der Waals surface area contributed by atoms with Crippen molar-refractivity contribution < 1.29 is 9.72 Å². The number of unbranched alkanes of at least 4 members (excludes halogenated alkanes) is 7. The van der Waals surface area contributed by atoms with Crippen LogP contribution in [0.25, 0.3) is 0 Å². The molecule has 0 unspecified atom stereocenters. The zero-order valence-electron chi connectivity index (χ0n) is 15.2. The largest absolute Gasteiger partial charge is 0.356 e. The Morgan fingerprint density at radius 2 is 1.68 bits per heavy atom. The minimum atomic E-state index is -0.398. The lowest BCUT2D eigenvalue weighted by Crippen LogP contribution is -2.26. The van der Waals surface area contributed by atoms with Crippen molar-refractivity contribution in [3.8, 4) is 0 Å². The maximum atomic E-state index is 12.2. The van der Waals surface area contributed by atoms with Gasteiger partial charge in [0.15, 0.2) is 0 Å². The summed E-state index contributed by atoms with van der Waals surface area (Å²) in [4.78, 5) is 22.4. The van der Waals surface area contributed by atoms with Gasteiger partial charge in [-0.3, -0.25) is 14.9 Å². The molecule has 0 spiro atoms. The number of carbonyl (C=O) groups excluding carboxylic acids is 1. The number of nitrogens with one attached hydrogen (secondary N) is 1. The van der Waals surface area contributed by atoms with E-state index in [1.54, 1.807) is 12.1 Å². The van der Waals surface area contributed by atoms with Crippen LogP contribution in [-0.4, -0.2) is 17.4 Å². The lowest BCUT2D eigenvalue weighted by atomic mass is 10.1. The summed E-state index contributed by atoms with van der Waals surface area (Å²) in [6.07, 6.45) is 10.9. The first-order valence-electron chi connectivity index (χ1n) is 9.65. The summed E-state index contributed by atoms with van der Waals surface area (Å²) in [5.41, 5.74) is 1.12. The van der Waals surface area contributed by atoms with Crippen LogP contribution in [0.1, 0.15) is 76.2 Å². The Morgan fingerprint density at radius 1 is 1.08 bits per heavy atom. The molecule has 25 heavy (non-hydrogen) atoms. The third kappa shape index (κ3) is 6.48. The van der Waals surface area contributed by atoms with Crippen molar-refractivity contribution in [2.45, 2.75) is 70.6 Å². The highest BCUT2D eigenvalue weighted by Crippen LogP contribution is 2.47. The van der Waals surface area contributed by atoms with E-state index in [0.29, 0.717) is 0 Å². The van der Waals surface area contributed by atoms with Gasteiger partial charge in [0.05, 0.1) is 4.92 Å². The average Bonchev–Trinajstić information content (AvgIpc) is 3.41. The molecule has 0 radical (unpaired) electrons. The Bertz CT molecular complexity index is 557. The molecule has 2 atom stereocenters. The van der Waals surface area contributed by atoms with Crippen LogP contribution in [0, 0.1) is 16.0 Å². The lowest BCUT2D eigenvalue weighted by molar-refractivity contribution is -0.384. The zero-order valence-corrected chi connectivity index (χ0v) is 15.2. The van der Waals surface area contributed by atoms with Crippen molar-refractivity contribution in [2.75, 3.05) is 6.54 Å². The number of amides is 1. The Hall–Kier alpha value is -1.91. The number of hydrogen-bond donors (Lipinski definition) is 1. The normalized spacial score (nSPS) is 18.8. The van der Waals surface area contributed by atoms with Crippen molar-refractivity contribution in [1.82, 2.24) is 5.32 Å². The van der Waals surface area contributed by atoms with E-state index in [9.17, 15) is 14.9 Å². The molecule has 1 aliphatic rings. The van der Waals surface area contributed by atoms with Crippen LogP contribution in [-0.2, 0) is 4.79 Å². The molecule has 2 rings (SSSR count).